The van der Waals surface area contributed by atoms with Crippen LogP contribution in [0.15, 0.2) is 70.1 Å². The third kappa shape index (κ3) is 6.52. The standard InChI is InChI=1S/C34H42N2O3/c1-6-10-11-14-21-38-34(37)28-16-13-12-15-27(28)33-29-19-17-25(35-24(5)7-2)22-31(29)39-32-23-26(18-20-30(32)33)36(8-3)9-4/h12-13,15-20,22-24H,6-11,14,21H2,1-5H3. The molecule has 0 spiro atoms. The Morgan fingerprint density at radius 1 is 0.923 bits per heavy atom. The molecule has 0 fully saturated rings. The summed E-state index contributed by atoms with van der Waals surface area (Å²) in [6.45, 7) is 13.0. The number of hydrogen-bond donors (Lipinski definition) is 0. The van der Waals surface area contributed by atoms with E-state index in [0.717, 1.165) is 89.7 Å². The van der Waals surface area contributed by atoms with E-state index < -0.39 is 0 Å². The van der Waals surface area contributed by atoms with Gasteiger partial charge in [-0.25, -0.2) is 4.79 Å². The monoisotopic (exact) mass is 526 g/mol. The summed E-state index contributed by atoms with van der Waals surface area (Å²) in [6.07, 6.45) is 5.23. The molecule has 0 saturated heterocycles. The number of hydrogen-bond acceptors (Lipinski definition) is 5. The van der Waals surface area contributed by atoms with Crippen LogP contribution in [0.5, 0.6) is 0 Å². The van der Waals surface area contributed by atoms with Gasteiger partial charge >= 0.3 is 5.97 Å². The molecule has 0 bridgehead atoms. The second-order valence-corrected chi connectivity index (χ2v) is 10.1. The third-order valence-corrected chi connectivity index (χ3v) is 7.43. The normalized spacial score (nSPS) is 12.7. The highest BCUT2D eigenvalue weighted by molar-refractivity contribution is 6.08. The maximum Gasteiger partial charge on any atom is 0.338 e. The van der Waals surface area contributed by atoms with Gasteiger partial charge in [0.15, 0.2) is 0 Å². The van der Waals surface area contributed by atoms with Crippen LogP contribution >= 0.6 is 0 Å². The molecule has 1 heterocycles. The van der Waals surface area contributed by atoms with Crippen molar-refractivity contribution in [3.05, 3.63) is 71.6 Å². The summed E-state index contributed by atoms with van der Waals surface area (Å²) in [4.78, 5) is 20.4. The van der Waals surface area contributed by atoms with E-state index in [0.29, 0.717) is 12.2 Å². The van der Waals surface area contributed by atoms with Crippen molar-refractivity contribution in [2.24, 2.45) is 4.99 Å². The Bertz CT molecular complexity index is 1430. The molecule has 0 amide bonds. The third-order valence-electron chi connectivity index (χ3n) is 7.43. The average molecular weight is 527 g/mol. The molecule has 5 heteroatoms. The smallest absolute Gasteiger partial charge is 0.338 e. The van der Waals surface area contributed by atoms with Crippen LogP contribution in [0.4, 0.5) is 5.69 Å². The van der Waals surface area contributed by atoms with E-state index in [1.807, 2.05) is 36.4 Å². The Labute approximate surface area is 232 Å². The molecule has 0 saturated carbocycles. The Balaban J connectivity index is 1.90. The number of fused-ring (bicyclic) bond motifs is 2. The van der Waals surface area contributed by atoms with Crippen molar-refractivity contribution in [1.82, 2.24) is 0 Å². The first-order chi connectivity index (χ1) is 19.0. The predicted octanol–water partition coefficient (Wildman–Crippen LogP) is 8.49. The molecule has 0 aromatic heterocycles. The first-order valence-corrected chi connectivity index (χ1v) is 14.6. The van der Waals surface area contributed by atoms with Crippen LogP contribution in [-0.2, 0) is 4.74 Å². The van der Waals surface area contributed by atoms with Crippen LogP contribution < -0.4 is 10.3 Å². The molecule has 0 N–H and O–H groups in total. The van der Waals surface area contributed by atoms with Gasteiger partial charge in [0.05, 0.1) is 17.5 Å². The largest absolute Gasteiger partial charge is 0.462 e. The second-order valence-electron chi connectivity index (χ2n) is 10.1. The van der Waals surface area contributed by atoms with Gasteiger partial charge in [-0.1, -0.05) is 51.3 Å². The van der Waals surface area contributed by atoms with E-state index in [2.05, 4.69) is 63.8 Å². The van der Waals surface area contributed by atoms with E-state index in [-0.39, 0.29) is 12.0 Å². The Morgan fingerprint density at radius 3 is 2.46 bits per heavy atom. The van der Waals surface area contributed by atoms with Crippen molar-refractivity contribution in [1.29, 1.82) is 0 Å². The number of unbranched alkanes of at least 4 members (excludes halogenated alkanes) is 3. The van der Waals surface area contributed by atoms with Gasteiger partial charge < -0.3 is 14.1 Å². The minimum Gasteiger partial charge on any atom is -0.462 e. The SMILES string of the molecule is CCCCCCOC(=O)c1ccccc1-c1c2ccc(=NC(C)CC)cc-2oc2cc(N(CC)CC)ccc12. The molecule has 4 rings (SSSR count). The number of benzene rings is 3. The number of esters is 1. The Kier molecular flexibility index (Phi) is 9.80. The van der Waals surface area contributed by atoms with Gasteiger partial charge in [-0.2, -0.15) is 0 Å². The lowest BCUT2D eigenvalue weighted by molar-refractivity contribution is 0.0498. The molecule has 1 aliphatic carbocycles. The molecule has 39 heavy (non-hydrogen) atoms. The van der Waals surface area contributed by atoms with E-state index in [1.165, 1.54) is 0 Å². The summed E-state index contributed by atoms with van der Waals surface area (Å²) < 4.78 is 12.3. The Morgan fingerprint density at radius 2 is 1.72 bits per heavy atom. The zero-order chi connectivity index (χ0) is 27.8. The fraction of sp³-hybridized carbons (Fsp3) is 0.412. The fourth-order valence-corrected chi connectivity index (χ4v) is 5.02. The van der Waals surface area contributed by atoms with Crippen molar-refractivity contribution in [2.75, 3.05) is 24.6 Å². The van der Waals surface area contributed by atoms with Crippen molar-refractivity contribution >= 4 is 22.6 Å². The van der Waals surface area contributed by atoms with Crippen LogP contribution in [0.2, 0.25) is 0 Å². The molecular weight excluding hydrogens is 484 g/mol. The molecule has 5 nitrogen and oxygen atoms in total. The fourth-order valence-electron chi connectivity index (χ4n) is 5.02. The summed E-state index contributed by atoms with van der Waals surface area (Å²) in [5, 5.41) is 1.86. The molecule has 2 aliphatic rings. The minimum atomic E-state index is -0.285. The lowest BCUT2D eigenvalue weighted by Gasteiger charge is -2.22. The van der Waals surface area contributed by atoms with Gasteiger partial charge in [-0.05, 0) is 69.5 Å². The molecule has 1 atom stereocenters. The lowest BCUT2D eigenvalue weighted by Crippen LogP contribution is -2.21. The summed E-state index contributed by atoms with van der Waals surface area (Å²) >= 11 is 0. The number of nitrogens with zero attached hydrogens (tertiary/aromatic N) is 2. The van der Waals surface area contributed by atoms with Crippen LogP contribution in [0.25, 0.3) is 33.4 Å². The highest BCUT2D eigenvalue weighted by atomic mass is 16.5. The predicted molar refractivity (Wildman–Crippen MR) is 162 cm³/mol. The van der Waals surface area contributed by atoms with Gasteiger partial charge in [0.25, 0.3) is 0 Å². The molecule has 2 aromatic carbocycles. The lowest BCUT2D eigenvalue weighted by atomic mass is 9.90. The minimum absolute atomic E-state index is 0.226. The van der Waals surface area contributed by atoms with E-state index >= 15 is 0 Å². The molecule has 206 valence electrons. The van der Waals surface area contributed by atoms with Crippen LogP contribution in [0.1, 0.15) is 77.1 Å². The second kappa shape index (κ2) is 13.5. The molecule has 1 unspecified atom stereocenters. The quantitative estimate of drug-likeness (QED) is 0.105. The van der Waals surface area contributed by atoms with Gasteiger partial charge in [0.1, 0.15) is 11.3 Å². The van der Waals surface area contributed by atoms with Crippen LogP contribution in [-0.4, -0.2) is 31.7 Å². The van der Waals surface area contributed by atoms with Crippen molar-refractivity contribution in [3.63, 3.8) is 0 Å². The maximum absolute atomic E-state index is 13.3. The first-order valence-electron chi connectivity index (χ1n) is 14.6. The van der Waals surface area contributed by atoms with Crippen molar-refractivity contribution in [3.8, 4) is 22.5 Å². The van der Waals surface area contributed by atoms with Gasteiger partial charge in [-0.15, -0.1) is 0 Å². The number of rotatable bonds is 12. The van der Waals surface area contributed by atoms with Gasteiger partial charge in [0, 0.05) is 53.5 Å². The number of carbonyl (C=O) groups is 1. The van der Waals surface area contributed by atoms with Crippen LogP contribution in [0, 0.1) is 0 Å². The number of ether oxygens (including phenoxy) is 1. The van der Waals surface area contributed by atoms with E-state index in [4.69, 9.17) is 14.1 Å². The zero-order valence-corrected chi connectivity index (χ0v) is 24.1. The van der Waals surface area contributed by atoms with Crippen molar-refractivity contribution < 1.29 is 13.9 Å². The highest BCUT2D eigenvalue weighted by Crippen LogP contribution is 2.42. The van der Waals surface area contributed by atoms with Gasteiger partial charge in [0.2, 0.25) is 0 Å². The number of carbonyl (C=O) groups excluding carboxylic acids is 1. The van der Waals surface area contributed by atoms with E-state index in [1.54, 1.807) is 0 Å². The van der Waals surface area contributed by atoms with Gasteiger partial charge in [-0.3, -0.25) is 4.99 Å². The topological polar surface area (TPSA) is 55.0 Å². The average Bonchev–Trinajstić information content (AvgIpc) is 2.96. The molecular formula is C34H42N2O3. The van der Waals surface area contributed by atoms with E-state index in [9.17, 15) is 4.79 Å². The summed E-state index contributed by atoms with van der Waals surface area (Å²) in [7, 11) is 0. The molecule has 0 radical (unpaired) electrons. The summed E-state index contributed by atoms with van der Waals surface area (Å²) in [5.74, 6) is 0.467. The van der Waals surface area contributed by atoms with Crippen LogP contribution in [0.3, 0.4) is 0 Å². The summed E-state index contributed by atoms with van der Waals surface area (Å²) in [6, 6.07) is 20.5. The summed E-state index contributed by atoms with van der Waals surface area (Å²) in [5.41, 5.74) is 5.24. The molecule has 1 aliphatic heterocycles. The first kappa shape index (κ1) is 28.4. The number of anilines is 1. The molecule has 2 aromatic rings. The van der Waals surface area contributed by atoms with Crippen molar-refractivity contribution in [2.45, 2.75) is 72.8 Å². The highest BCUT2D eigenvalue weighted by Gasteiger charge is 2.22. The Hall–Kier alpha value is -3.60. The maximum atomic E-state index is 13.3. The zero-order valence-electron chi connectivity index (χ0n) is 24.1.